The number of hydrogen-bond donors (Lipinski definition) is 3. The van der Waals surface area contributed by atoms with Gasteiger partial charge in [-0.1, -0.05) is 24.3 Å². The van der Waals surface area contributed by atoms with E-state index in [2.05, 4.69) is 10.6 Å². The molecule has 7 heteroatoms. The Morgan fingerprint density at radius 1 is 1.28 bits per heavy atom. The summed E-state index contributed by atoms with van der Waals surface area (Å²) in [7, 11) is 0. The molecule has 2 aliphatic heterocycles. The summed E-state index contributed by atoms with van der Waals surface area (Å²) in [6, 6.07) is 6.66. The van der Waals surface area contributed by atoms with Crippen molar-refractivity contribution >= 4 is 17.8 Å². The highest BCUT2D eigenvalue weighted by Gasteiger charge is 2.32. The van der Waals surface area contributed by atoms with Crippen molar-refractivity contribution in [3.8, 4) is 0 Å². The monoisotopic (exact) mass is 345 g/mol. The van der Waals surface area contributed by atoms with Crippen LogP contribution < -0.4 is 10.6 Å². The van der Waals surface area contributed by atoms with Crippen molar-refractivity contribution in [3.63, 3.8) is 0 Å². The number of nitrogens with zero attached hydrogens (tertiary/aromatic N) is 1. The minimum absolute atomic E-state index is 0.234. The lowest BCUT2D eigenvalue weighted by molar-refractivity contribution is -0.145. The van der Waals surface area contributed by atoms with Gasteiger partial charge >= 0.3 is 5.97 Å². The third-order valence-corrected chi connectivity index (χ3v) is 4.79. The van der Waals surface area contributed by atoms with Crippen LogP contribution in [0, 0.1) is 0 Å². The van der Waals surface area contributed by atoms with Crippen molar-refractivity contribution in [1.29, 1.82) is 0 Å². The van der Waals surface area contributed by atoms with Gasteiger partial charge < -0.3 is 20.6 Å². The van der Waals surface area contributed by atoms with Crippen molar-refractivity contribution in [2.24, 2.45) is 0 Å². The van der Waals surface area contributed by atoms with Gasteiger partial charge in [-0.05, 0) is 36.8 Å². The predicted octanol–water partition coefficient (Wildman–Crippen LogP) is 0.455. The van der Waals surface area contributed by atoms with Gasteiger partial charge in [0.05, 0.1) is 0 Å². The molecular weight excluding hydrogens is 322 g/mol. The van der Waals surface area contributed by atoms with Crippen LogP contribution in [0.4, 0.5) is 0 Å². The molecule has 3 N–H and O–H groups in total. The largest absolute Gasteiger partial charge is 0.480 e. The van der Waals surface area contributed by atoms with Gasteiger partial charge in [0, 0.05) is 13.1 Å². The molecule has 1 saturated heterocycles. The maximum absolute atomic E-state index is 12.8. The standard InChI is InChI=1S/C18H23N3O4/c22-15(23)11-21-10-4-3-7-14(18(21)25)20-17(24)16-13-6-2-1-5-12(13)8-9-19-16/h1-2,5-6,14,16,19H,3-4,7-11H2,(H,20,24)(H,22,23). The maximum atomic E-state index is 12.8. The molecular formula is C18H23N3O4. The lowest BCUT2D eigenvalue weighted by atomic mass is 9.93. The van der Waals surface area contributed by atoms with Crippen LogP contribution in [0.15, 0.2) is 24.3 Å². The predicted molar refractivity (Wildman–Crippen MR) is 90.9 cm³/mol. The molecule has 0 saturated carbocycles. The average Bonchev–Trinajstić information content (AvgIpc) is 2.77. The number of carboxylic acids is 1. The van der Waals surface area contributed by atoms with Crippen LogP contribution in [0.3, 0.4) is 0 Å². The van der Waals surface area contributed by atoms with E-state index in [0.29, 0.717) is 19.5 Å². The number of fused-ring (bicyclic) bond motifs is 1. The molecule has 0 bridgehead atoms. The summed E-state index contributed by atoms with van der Waals surface area (Å²) in [4.78, 5) is 37.6. The number of carboxylic acid groups (broad SMARTS) is 1. The summed E-state index contributed by atoms with van der Waals surface area (Å²) in [6.45, 7) is 0.802. The molecule has 0 aliphatic carbocycles. The van der Waals surface area contributed by atoms with Crippen LogP contribution in [-0.2, 0) is 20.8 Å². The van der Waals surface area contributed by atoms with E-state index in [0.717, 1.165) is 30.4 Å². The van der Waals surface area contributed by atoms with E-state index in [1.807, 2.05) is 24.3 Å². The maximum Gasteiger partial charge on any atom is 0.323 e. The molecule has 2 aliphatic rings. The van der Waals surface area contributed by atoms with E-state index in [4.69, 9.17) is 5.11 Å². The second kappa shape index (κ2) is 7.65. The normalized spacial score (nSPS) is 23.5. The summed E-state index contributed by atoms with van der Waals surface area (Å²) >= 11 is 0. The van der Waals surface area contributed by atoms with Crippen LogP contribution >= 0.6 is 0 Å². The Labute approximate surface area is 146 Å². The third kappa shape index (κ3) is 3.99. The zero-order valence-electron chi connectivity index (χ0n) is 14.0. The summed E-state index contributed by atoms with van der Waals surface area (Å²) < 4.78 is 0. The van der Waals surface area contributed by atoms with Gasteiger partial charge in [0.1, 0.15) is 18.6 Å². The van der Waals surface area contributed by atoms with E-state index in [1.165, 1.54) is 4.90 Å². The molecule has 1 fully saturated rings. The molecule has 2 heterocycles. The summed E-state index contributed by atoms with van der Waals surface area (Å²) in [5.41, 5.74) is 2.08. The van der Waals surface area contributed by atoms with E-state index >= 15 is 0 Å². The fraction of sp³-hybridized carbons (Fsp3) is 0.500. The molecule has 2 amide bonds. The van der Waals surface area contributed by atoms with Gasteiger partial charge in [-0.25, -0.2) is 0 Å². The van der Waals surface area contributed by atoms with Gasteiger partial charge in [-0.3, -0.25) is 14.4 Å². The topological polar surface area (TPSA) is 98.7 Å². The van der Waals surface area contributed by atoms with Gasteiger partial charge in [0.2, 0.25) is 11.8 Å². The lowest BCUT2D eigenvalue weighted by Gasteiger charge is -2.28. The molecule has 1 aromatic carbocycles. The number of hydrogen-bond acceptors (Lipinski definition) is 4. The number of benzene rings is 1. The van der Waals surface area contributed by atoms with Gasteiger partial charge in [-0.2, -0.15) is 0 Å². The highest BCUT2D eigenvalue weighted by Crippen LogP contribution is 2.23. The van der Waals surface area contributed by atoms with Crippen LogP contribution in [0.5, 0.6) is 0 Å². The molecule has 3 rings (SSSR count). The Balaban J connectivity index is 1.71. The number of amides is 2. The van der Waals surface area contributed by atoms with Crippen molar-refractivity contribution in [2.75, 3.05) is 19.6 Å². The molecule has 2 atom stereocenters. The molecule has 2 unspecified atom stereocenters. The van der Waals surface area contributed by atoms with Crippen LogP contribution in [0.1, 0.15) is 36.4 Å². The summed E-state index contributed by atoms with van der Waals surface area (Å²) in [6.07, 6.45) is 2.93. The molecule has 1 aromatic rings. The zero-order chi connectivity index (χ0) is 17.8. The lowest BCUT2D eigenvalue weighted by Crippen LogP contribution is -2.51. The van der Waals surface area contributed by atoms with Crippen LogP contribution in [0.2, 0.25) is 0 Å². The second-order valence-corrected chi connectivity index (χ2v) is 6.55. The van der Waals surface area contributed by atoms with Crippen molar-refractivity contribution < 1.29 is 19.5 Å². The fourth-order valence-electron chi connectivity index (χ4n) is 3.55. The van der Waals surface area contributed by atoms with Gasteiger partial charge in [-0.15, -0.1) is 0 Å². The number of rotatable bonds is 4. The minimum Gasteiger partial charge on any atom is -0.480 e. The van der Waals surface area contributed by atoms with Crippen molar-refractivity contribution in [1.82, 2.24) is 15.5 Å². The Hall–Kier alpha value is -2.41. The highest BCUT2D eigenvalue weighted by atomic mass is 16.4. The van der Waals surface area contributed by atoms with Crippen molar-refractivity contribution in [2.45, 2.75) is 37.8 Å². The van der Waals surface area contributed by atoms with Gasteiger partial charge in [0.25, 0.3) is 0 Å². The van der Waals surface area contributed by atoms with Crippen LogP contribution in [-0.4, -0.2) is 53.5 Å². The van der Waals surface area contributed by atoms with Crippen molar-refractivity contribution in [3.05, 3.63) is 35.4 Å². The molecule has 0 aromatic heterocycles. The Kier molecular flexibility index (Phi) is 5.33. The third-order valence-electron chi connectivity index (χ3n) is 4.79. The number of nitrogens with one attached hydrogen (secondary N) is 2. The number of carbonyl (C=O) groups is 3. The smallest absolute Gasteiger partial charge is 0.323 e. The zero-order valence-corrected chi connectivity index (χ0v) is 14.0. The quantitative estimate of drug-likeness (QED) is 0.736. The average molecular weight is 345 g/mol. The number of aliphatic carboxylic acids is 1. The fourth-order valence-corrected chi connectivity index (χ4v) is 3.55. The first kappa shape index (κ1) is 17.4. The minimum atomic E-state index is -1.04. The number of likely N-dealkylation sites (tertiary alicyclic amines) is 1. The molecule has 25 heavy (non-hydrogen) atoms. The summed E-state index contributed by atoms with van der Waals surface area (Å²) in [5.74, 6) is -1.58. The Morgan fingerprint density at radius 2 is 2.08 bits per heavy atom. The molecule has 0 radical (unpaired) electrons. The SMILES string of the molecule is O=C(O)CN1CCCCC(NC(=O)C2NCCc3ccccc32)C1=O. The van der Waals surface area contributed by atoms with E-state index < -0.39 is 18.1 Å². The summed E-state index contributed by atoms with van der Waals surface area (Å²) in [5, 5.41) is 15.0. The first-order chi connectivity index (χ1) is 12.1. The van der Waals surface area contributed by atoms with Gasteiger partial charge in [0.15, 0.2) is 0 Å². The van der Waals surface area contributed by atoms with E-state index in [1.54, 1.807) is 0 Å². The second-order valence-electron chi connectivity index (χ2n) is 6.55. The first-order valence-corrected chi connectivity index (χ1v) is 8.68. The molecule has 7 nitrogen and oxygen atoms in total. The Bertz CT molecular complexity index is 676. The highest BCUT2D eigenvalue weighted by molar-refractivity contribution is 5.92. The van der Waals surface area contributed by atoms with E-state index in [-0.39, 0.29) is 18.4 Å². The number of carbonyl (C=O) groups excluding carboxylic acids is 2. The molecule has 0 spiro atoms. The van der Waals surface area contributed by atoms with Crippen LogP contribution in [0.25, 0.3) is 0 Å². The Morgan fingerprint density at radius 3 is 2.88 bits per heavy atom. The van der Waals surface area contributed by atoms with E-state index in [9.17, 15) is 14.4 Å². The first-order valence-electron chi connectivity index (χ1n) is 8.68. The molecule has 134 valence electrons.